The van der Waals surface area contributed by atoms with Gasteiger partial charge in [0.15, 0.2) is 0 Å². The number of carbonyl (C=O) groups is 1. The Morgan fingerprint density at radius 1 is 1.36 bits per heavy atom. The minimum atomic E-state index is -4.55. The van der Waals surface area contributed by atoms with Crippen LogP contribution < -0.4 is 5.73 Å². The summed E-state index contributed by atoms with van der Waals surface area (Å²) in [6, 6.07) is 0. The van der Waals surface area contributed by atoms with Crippen molar-refractivity contribution in [3.8, 4) is 0 Å². The zero-order valence-electron chi connectivity index (χ0n) is 11.9. The first-order valence-electron chi connectivity index (χ1n) is 7.25. The van der Waals surface area contributed by atoms with Gasteiger partial charge in [0.25, 0.3) is 0 Å². The summed E-state index contributed by atoms with van der Waals surface area (Å²) in [7, 11) is 0. The Bertz CT molecular complexity index is 496. The molecule has 2 aliphatic rings. The zero-order chi connectivity index (χ0) is 16.5. The highest BCUT2D eigenvalue weighted by atomic mass is 35.5. The highest BCUT2D eigenvalue weighted by Crippen LogP contribution is 2.49. The van der Waals surface area contributed by atoms with Gasteiger partial charge in [-0.3, -0.25) is 4.79 Å². The number of hydrogen-bond acceptors (Lipinski definition) is 2. The van der Waals surface area contributed by atoms with E-state index in [0.29, 0.717) is 25.7 Å². The van der Waals surface area contributed by atoms with Crippen molar-refractivity contribution in [2.45, 2.75) is 37.2 Å². The van der Waals surface area contributed by atoms with Gasteiger partial charge in [-0.05, 0) is 37.5 Å². The lowest BCUT2D eigenvalue weighted by Crippen LogP contribution is -2.50. The van der Waals surface area contributed by atoms with Crippen LogP contribution in [-0.2, 0) is 4.79 Å². The second-order valence-electron chi connectivity index (χ2n) is 6.06. The quantitative estimate of drug-likeness (QED) is 0.778. The van der Waals surface area contributed by atoms with E-state index in [1.807, 2.05) is 0 Å². The molecule has 2 aliphatic carbocycles. The molecule has 1 saturated carbocycles. The second kappa shape index (κ2) is 6.24. The summed E-state index contributed by atoms with van der Waals surface area (Å²) in [4.78, 5) is 12.1. The Kier molecular flexibility index (Phi) is 4.92. The number of halogens is 4. The van der Waals surface area contributed by atoms with E-state index in [0.717, 1.165) is 12.2 Å². The predicted octanol–water partition coefficient (Wildman–Crippen LogP) is 2.92. The van der Waals surface area contributed by atoms with E-state index < -0.39 is 28.4 Å². The highest BCUT2D eigenvalue weighted by molar-refractivity contribution is 6.24. The van der Waals surface area contributed by atoms with Crippen LogP contribution >= 0.6 is 11.6 Å². The third-order valence-corrected chi connectivity index (χ3v) is 5.34. The van der Waals surface area contributed by atoms with Crippen LogP contribution in [0.15, 0.2) is 23.8 Å². The molecule has 7 heteroatoms. The average Bonchev–Trinajstić information content (AvgIpc) is 2.46. The number of carbonyl (C=O) groups excluding carboxylic acids is 1. The standard InChI is InChI=1S/C15H19ClF3NO2/c16-12-6-5-11(15(17,18)19)7-14(12,13(20)22)10-3-1-9(8-21)2-4-10/h5-7,9-10,12,21H,1-4,8H2,(H2,20,22). The maximum absolute atomic E-state index is 13.0. The van der Waals surface area contributed by atoms with Gasteiger partial charge in [-0.2, -0.15) is 13.2 Å². The third kappa shape index (κ3) is 3.04. The Balaban J connectivity index is 2.37. The van der Waals surface area contributed by atoms with Crippen molar-refractivity contribution in [1.29, 1.82) is 0 Å². The summed E-state index contributed by atoms with van der Waals surface area (Å²) in [5, 5.41) is 8.28. The van der Waals surface area contributed by atoms with Gasteiger partial charge in [-0.15, -0.1) is 11.6 Å². The Morgan fingerprint density at radius 3 is 2.41 bits per heavy atom. The molecule has 1 amide bonds. The number of alkyl halides is 4. The van der Waals surface area contributed by atoms with E-state index in [4.69, 9.17) is 17.3 Å². The number of amides is 1. The van der Waals surface area contributed by atoms with Gasteiger partial charge >= 0.3 is 6.18 Å². The lowest BCUT2D eigenvalue weighted by Gasteiger charge is -2.43. The van der Waals surface area contributed by atoms with Crippen molar-refractivity contribution >= 4 is 17.5 Å². The molecular weight excluding hydrogens is 319 g/mol. The van der Waals surface area contributed by atoms with Crippen molar-refractivity contribution in [2.75, 3.05) is 6.61 Å². The fourth-order valence-corrected chi connectivity index (χ4v) is 3.90. The van der Waals surface area contributed by atoms with Crippen LogP contribution in [0.2, 0.25) is 0 Å². The number of primary amides is 1. The first kappa shape index (κ1) is 17.3. The minimum Gasteiger partial charge on any atom is -0.396 e. The van der Waals surface area contributed by atoms with Crippen molar-refractivity contribution in [3.05, 3.63) is 23.8 Å². The molecule has 124 valence electrons. The van der Waals surface area contributed by atoms with E-state index in [9.17, 15) is 23.1 Å². The molecule has 0 aromatic heterocycles. The van der Waals surface area contributed by atoms with Crippen LogP contribution in [0, 0.1) is 17.3 Å². The molecule has 0 aromatic carbocycles. The first-order chi connectivity index (χ1) is 10.2. The number of aliphatic hydroxyl groups is 1. The fourth-order valence-electron chi connectivity index (χ4n) is 3.48. The van der Waals surface area contributed by atoms with Crippen LogP contribution in [0.3, 0.4) is 0 Å². The van der Waals surface area contributed by atoms with E-state index >= 15 is 0 Å². The van der Waals surface area contributed by atoms with E-state index in [-0.39, 0.29) is 18.4 Å². The monoisotopic (exact) mass is 337 g/mol. The highest BCUT2D eigenvalue weighted by Gasteiger charge is 2.51. The van der Waals surface area contributed by atoms with E-state index in [1.165, 1.54) is 6.08 Å². The summed E-state index contributed by atoms with van der Waals surface area (Å²) >= 11 is 6.20. The van der Waals surface area contributed by atoms with Gasteiger partial charge in [-0.25, -0.2) is 0 Å². The van der Waals surface area contributed by atoms with E-state index in [1.54, 1.807) is 0 Å². The molecule has 0 saturated heterocycles. The number of aliphatic hydroxyl groups excluding tert-OH is 1. The van der Waals surface area contributed by atoms with Gasteiger partial charge in [0.2, 0.25) is 5.91 Å². The van der Waals surface area contributed by atoms with Gasteiger partial charge < -0.3 is 10.8 Å². The van der Waals surface area contributed by atoms with Crippen LogP contribution in [-0.4, -0.2) is 29.2 Å². The molecule has 3 N–H and O–H groups in total. The third-order valence-electron chi connectivity index (χ3n) is 4.83. The van der Waals surface area contributed by atoms with Gasteiger partial charge in [0.05, 0.1) is 16.4 Å². The van der Waals surface area contributed by atoms with Gasteiger partial charge in [0.1, 0.15) is 0 Å². The Morgan fingerprint density at radius 2 is 1.95 bits per heavy atom. The van der Waals surface area contributed by atoms with Crippen LogP contribution in [0.1, 0.15) is 25.7 Å². The van der Waals surface area contributed by atoms with Crippen LogP contribution in [0.5, 0.6) is 0 Å². The fraction of sp³-hybridized carbons (Fsp3) is 0.667. The molecule has 0 spiro atoms. The van der Waals surface area contributed by atoms with Crippen LogP contribution in [0.25, 0.3) is 0 Å². The molecule has 0 aromatic rings. The lowest BCUT2D eigenvalue weighted by molar-refractivity contribution is -0.129. The molecule has 2 unspecified atom stereocenters. The molecule has 1 fully saturated rings. The smallest absolute Gasteiger partial charge is 0.396 e. The summed E-state index contributed by atoms with van der Waals surface area (Å²) in [6.07, 6.45) is 0.816. The number of nitrogens with two attached hydrogens (primary N) is 1. The van der Waals surface area contributed by atoms with Crippen molar-refractivity contribution in [3.63, 3.8) is 0 Å². The van der Waals surface area contributed by atoms with Crippen molar-refractivity contribution < 1.29 is 23.1 Å². The van der Waals surface area contributed by atoms with Crippen LogP contribution in [0.4, 0.5) is 13.2 Å². The van der Waals surface area contributed by atoms with Crippen molar-refractivity contribution in [1.82, 2.24) is 0 Å². The molecule has 0 aliphatic heterocycles. The lowest BCUT2D eigenvalue weighted by atomic mass is 9.62. The maximum atomic E-state index is 13.0. The van der Waals surface area contributed by atoms with E-state index in [2.05, 4.69) is 0 Å². The number of rotatable bonds is 3. The molecule has 0 heterocycles. The molecule has 2 atom stereocenters. The molecule has 3 nitrogen and oxygen atoms in total. The number of allylic oxidation sites excluding steroid dienone is 3. The molecular formula is C15H19ClF3NO2. The zero-order valence-corrected chi connectivity index (χ0v) is 12.7. The molecule has 2 rings (SSSR count). The Hall–Kier alpha value is -1.01. The predicted molar refractivity (Wildman–Crippen MR) is 77.1 cm³/mol. The molecule has 0 radical (unpaired) electrons. The van der Waals surface area contributed by atoms with Gasteiger partial charge in [0, 0.05) is 6.61 Å². The number of hydrogen-bond donors (Lipinski definition) is 2. The van der Waals surface area contributed by atoms with Gasteiger partial charge in [-0.1, -0.05) is 18.2 Å². The average molecular weight is 338 g/mol. The van der Waals surface area contributed by atoms with Crippen molar-refractivity contribution in [2.24, 2.45) is 23.0 Å². The maximum Gasteiger partial charge on any atom is 0.416 e. The SMILES string of the molecule is NC(=O)C1(C2CCC(CO)CC2)C=C(C(F)(F)F)C=CC1Cl. The Labute approximate surface area is 132 Å². The first-order valence-corrected chi connectivity index (χ1v) is 7.68. The topological polar surface area (TPSA) is 63.3 Å². The summed E-state index contributed by atoms with van der Waals surface area (Å²) < 4.78 is 39.0. The summed E-state index contributed by atoms with van der Waals surface area (Å²) in [6.45, 7) is 0.0458. The molecule has 0 bridgehead atoms. The summed E-state index contributed by atoms with van der Waals surface area (Å²) in [5.74, 6) is -1.05. The molecule has 22 heavy (non-hydrogen) atoms. The largest absolute Gasteiger partial charge is 0.416 e. The second-order valence-corrected chi connectivity index (χ2v) is 6.53. The normalized spacial score (nSPS) is 36.0. The minimum absolute atomic E-state index is 0.0458. The summed E-state index contributed by atoms with van der Waals surface area (Å²) in [5.41, 5.74) is 3.07.